The van der Waals surface area contributed by atoms with Gasteiger partial charge in [0.05, 0.1) is 11.9 Å². The van der Waals surface area contributed by atoms with Gasteiger partial charge in [0.2, 0.25) is 15.9 Å². The molecule has 0 saturated heterocycles. The fourth-order valence-corrected chi connectivity index (χ4v) is 4.25. The summed E-state index contributed by atoms with van der Waals surface area (Å²) in [6.45, 7) is 3.73. The Hall–Kier alpha value is -2.49. The van der Waals surface area contributed by atoms with Gasteiger partial charge in [0.15, 0.2) is 11.7 Å². The first-order valence-corrected chi connectivity index (χ1v) is 10.5. The van der Waals surface area contributed by atoms with E-state index in [2.05, 4.69) is 10.3 Å². The summed E-state index contributed by atoms with van der Waals surface area (Å²) in [5.74, 6) is 0.858. The molecule has 0 radical (unpaired) electrons. The predicted molar refractivity (Wildman–Crippen MR) is 104 cm³/mol. The molecule has 0 unspecified atom stereocenters. The van der Waals surface area contributed by atoms with Crippen LogP contribution < -0.4 is 10.5 Å². The number of anilines is 1. The summed E-state index contributed by atoms with van der Waals surface area (Å²) in [6.07, 6.45) is 2.14. The molecule has 2 aromatic heterocycles. The molecule has 1 aromatic carbocycles. The summed E-state index contributed by atoms with van der Waals surface area (Å²) in [5, 5.41) is 7.81. The minimum absolute atomic E-state index is 0.0192. The predicted octanol–water partition coefficient (Wildman–Crippen LogP) is 3.24. The second-order valence-electron chi connectivity index (χ2n) is 6.11. The molecule has 0 bridgehead atoms. The largest absolute Gasteiger partial charge is 0.441 e. The van der Waals surface area contributed by atoms with E-state index in [1.807, 2.05) is 31.2 Å². The Kier molecular flexibility index (Phi) is 5.45. The van der Waals surface area contributed by atoms with Gasteiger partial charge in [-0.1, -0.05) is 29.8 Å². The number of aryl methyl sites for hydroxylation is 3. The van der Waals surface area contributed by atoms with E-state index in [-0.39, 0.29) is 16.5 Å². The lowest BCUT2D eigenvalue weighted by Crippen LogP contribution is -2.13. The van der Waals surface area contributed by atoms with E-state index < -0.39 is 10.0 Å². The minimum atomic E-state index is -3.78. The van der Waals surface area contributed by atoms with Crippen molar-refractivity contribution in [3.05, 3.63) is 52.9 Å². The van der Waals surface area contributed by atoms with Crippen molar-refractivity contribution in [2.45, 2.75) is 30.9 Å². The summed E-state index contributed by atoms with van der Waals surface area (Å²) in [7, 11) is -3.78. The first-order chi connectivity index (χ1) is 12.7. The van der Waals surface area contributed by atoms with Crippen molar-refractivity contribution >= 4 is 33.0 Å². The molecule has 3 N–H and O–H groups in total. The molecule has 142 valence electrons. The van der Waals surface area contributed by atoms with E-state index in [4.69, 9.17) is 9.56 Å². The molecule has 2 heterocycles. The molecule has 0 spiro atoms. The Balaban J connectivity index is 1.60. The molecule has 0 aliphatic carbocycles. The van der Waals surface area contributed by atoms with Crippen LogP contribution in [0.2, 0.25) is 0 Å². The molecule has 1 amide bonds. The van der Waals surface area contributed by atoms with E-state index in [0.29, 0.717) is 28.6 Å². The standard InChI is InChI=1S/C18H19N3O4S2/c1-11-3-5-13(6-4-11)15-10-20-17(25-15)8-7-16(22)21-14-9-18(26-12(14)2)27(19,23)24/h3-6,9-10H,7-8H2,1-2H3,(H,21,22)(H2,19,23,24). The normalized spacial score (nSPS) is 11.5. The van der Waals surface area contributed by atoms with Crippen LogP contribution in [0.25, 0.3) is 11.3 Å². The van der Waals surface area contributed by atoms with Crippen LogP contribution in [0.5, 0.6) is 0 Å². The molecule has 0 atom stereocenters. The minimum Gasteiger partial charge on any atom is -0.441 e. The van der Waals surface area contributed by atoms with E-state index in [1.165, 1.54) is 6.07 Å². The quantitative estimate of drug-likeness (QED) is 0.653. The third-order valence-electron chi connectivity index (χ3n) is 3.91. The van der Waals surface area contributed by atoms with Gasteiger partial charge in [-0.25, -0.2) is 18.5 Å². The van der Waals surface area contributed by atoms with Crippen molar-refractivity contribution in [1.29, 1.82) is 0 Å². The first-order valence-electron chi connectivity index (χ1n) is 8.17. The Labute approximate surface area is 161 Å². The third kappa shape index (κ3) is 4.82. The lowest BCUT2D eigenvalue weighted by Gasteiger charge is -2.03. The zero-order valence-corrected chi connectivity index (χ0v) is 16.5. The Morgan fingerprint density at radius 3 is 2.59 bits per heavy atom. The monoisotopic (exact) mass is 405 g/mol. The van der Waals surface area contributed by atoms with Gasteiger partial charge in [0.25, 0.3) is 0 Å². The first kappa shape index (κ1) is 19.3. The number of carbonyl (C=O) groups is 1. The summed E-state index contributed by atoms with van der Waals surface area (Å²) < 4.78 is 28.5. The number of thiophene rings is 1. The van der Waals surface area contributed by atoms with Crippen molar-refractivity contribution < 1.29 is 17.6 Å². The van der Waals surface area contributed by atoms with Crippen LogP contribution in [0.3, 0.4) is 0 Å². The van der Waals surface area contributed by atoms with Gasteiger partial charge in [-0.2, -0.15) is 0 Å². The van der Waals surface area contributed by atoms with Gasteiger partial charge in [-0.3, -0.25) is 4.79 Å². The molecular formula is C18H19N3O4S2. The van der Waals surface area contributed by atoms with Crippen LogP contribution in [-0.4, -0.2) is 19.3 Å². The van der Waals surface area contributed by atoms with Crippen LogP contribution >= 0.6 is 11.3 Å². The average Bonchev–Trinajstić information content (AvgIpc) is 3.21. The molecule has 3 aromatic rings. The summed E-state index contributed by atoms with van der Waals surface area (Å²) >= 11 is 1.02. The number of amides is 1. The third-order valence-corrected chi connectivity index (χ3v) is 6.38. The number of hydrogen-bond donors (Lipinski definition) is 2. The molecular weight excluding hydrogens is 386 g/mol. The maximum absolute atomic E-state index is 12.2. The van der Waals surface area contributed by atoms with Gasteiger partial charge < -0.3 is 9.73 Å². The lowest BCUT2D eigenvalue weighted by atomic mass is 10.1. The fraction of sp³-hybridized carbons (Fsp3) is 0.222. The molecule has 27 heavy (non-hydrogen) atoms. The highest BCUT2D eigenvalue weighted by atomic mass is 32.2. The summed E-state index contributed by atoms with van der Waals surface area (Å²) in [4.78, 5) is 17.0. The van der Waals surface area contributed by atoms with Gasteiger partial charge >= 0.3 is 0 Å². The van der Waals surface area contributed by atoms with Crippen molar-refractivity contribution in [1.82, 2.24) is 4.98 Å². The maximum Gasteiger partial charge on any atom is 0.247 e. The molecule has 9 heteroatoms. The van der Waals surface area contributed by atoms with Gasteiger partial charge in [-0.15, -0.1) is 11.3 Å². The highest BCUT2D eigenvalue weighted by Gasteiger charge is 2.16. The Morgan fingerprint density at radius 2 is 1.96 bits per heavy atom. The lowest BCUT2D eigenvalue weighted by molar-refractivity contribution is -0.116. The van der Waals surface area contributed by atoms with Crippen LogP contribution in [-0.2, 0) is 21.2 Å². The van der Waals surface area contributed by atoms with Gasteiger partial charge in [0, 0.05) is 23.3 Å². The van der Waals surface area contributed by atoms with Crippen molar-refractivity contribution in [3.8, 4) is 11.3 Å². The van der Waals surface area contributed by atoms with Crippen LogP contribution in [0.4, 0.5) is 5.69 Å². The zero-order valence-electron chi connectivity index (χ0n) is 14.9. The number of benzene rings is 1. The second kappa shape index (κ2) is 7.63. The summed E-state index contributed by atoms with van der Waals surface area (Å²) in [6, 6.07) is 9.26. The Morgan fingerprint density at radius 1 is 1.26 bits per heavy atom. The molecule has 3 rings (SSSR count). The van der Waals surface area contributed by atoms with E-state index in [0.717, 1.165) is 22.5 Å². The van der Waals surface area contributed by atoms with Gasteiger partial charge in [-0.05, 0) is 19.9 Å². The number of nitrogens with zero attached hydrogens (tertiary/aromatic N) is 1. The van der Waals surface area contributed by atoms with Crippen molar-refractivity contribution in [3.63, 3.8) is 0 Å². The molecule has 0 aliphatic rings. The van der Waals surface area contributed by atoms with Gasteiger partial charge in [0.1, 0.15) is 4.21 Å². The van der Waals surface area contributed by atoms with Crippen LogP contribution in [0.15, 0.2) is 45.2 Å². The second-order valence-corrected chi connectivity index (χ2v) is 9.16. The molecule has 7 nitrogen and oxygen atoms in total. The zero-order chi connectivity index (χ0) is 19.6. The number of nitrogens with one attached hydrogen (secondary N) is 1. The van der Waals surface area contributed by atoms with Crippen molar-refractivity contribution in [2.75, 3.05) is 5.32 Å². The smallest absolute Gasteiger partial charge is 0.247 e. The number of nitrogens with two attached hydrogens (primary N) is 1. The molecule has 0 fully saturated rings. The molecule has 0 saturated carbocycles. The summed E-state index contributed by atoms with van der Waals surface area (Å²) in [5.41, 5.74) is 2.53. The van der Waals surface area contributed by atoms with Crippen LogP contribution in [0.1, 0.15) is 22.8 Å². The Bertz CT molecular complexity index is 1070. The number of rotatable bonds is 6. The van der Waals surface area contributed by atoms with E-state index in [1.54, 1.807) is 13.1 Å². The number of aromatic nitrogens is 1. The number of carbonyl (C=O) groups excluding carboxylic acids is 1. The van der Waals surface area contributed by atoms with Crippen LogP contribution in [0, 0.1) is 13.8 Å². The SMILES string of the molecule is Cc1ccc(-c2cnc(CCC(=O)Nc3cc(S(N)(=O)=O)sc3C)o2)cc1. The van der Waals surface area contributed by atoms with E-state index >= 15 is 0 Å². The highest BCUT2D eigenvalue weighted by molar-refractivity contribution is 7.91. The molecule has 0 aliphatic heterocycles. The average molecular weight is 406 g/mol. The number of primary sulfonamides is 1. The maximum atomic E-state index is 12.2. The number of sulfonamides is 1. The fourth-order valence-electron chi connectivity index (χ4n) is 2.43. The van der Waals surface area contributed by atoms with Crippen molar-refractivity contribution in [2.24, 2.45) is 5.14 Å². The number of hydrogen-bond acceptors (Lipinski definition) is 6. The van der Waals surface area contributed by atoms with E-state index in [9.17, 15) is 13.2 Å². The highest BCUT2D eigenvalue weighted by Crippen LogP contribution is 2.29. The number of oxazole rings is 1. The topological polar surface area (TPSA) is 115 Å².